The highest BCUT2D eigenvalue weighted by Crippen LogP contribution is 2.60. The van der Waals surface area contributed by atoms with Crippen molar-refractivity contribution in [3.8, 4) is 5.75 Å². The number of nitrogens with zero attached hydrogens (tertiary/aromatic N) is 1. The maximum Gasteiger partial charge on any atom is 0.329 e. The first-order chi connectivity index (χ1) is 17.5. The third-order valence-corrected chi connectivity index (χ3v) is 7.72. The summed E-state index contributed by atoms with van der Waals surface area (Å²) in [6.07, 6.45) is 3.85. The van der Waals surface area contributed by atoms with Gasteiger partial charge in [0.2, 0.25) is 0 Å². The van der Waals surface area contributed by atoms with Gasteiger partial charge in [0.1, 0.15) is 17.2 Å². The zero-order valence-electron chi connectivity index (χ0n) is 20.0. The van der Waals surface area contributed by atoms with E-state index < -0.39 is 29.4 Å². The number of hydrogen-bond acceptors (Lipinski definition) is 6. The van der Waals surface area contributed by atoms with Gasteiger partial charge in [0.05, 0.1) is 19.8 Å². The van der Waals surface area contributed by atoms with E-state index in [2.05, 4.69) is 0 Å². The maximum absolute atomic E-state index is 14.4. The minimum atomic E-state index is -1.51. The van der Waals surface area contributed by atoms with Crippen LogP contribution in [0.25, 0.3) is 6.08 Å². The second-order valence-corrected chi connectivity index (χ2v) is 9.29. The molecule has 1 saturated heterocycles. The molecule has 2 aliphatic heterocycles. The lowest BCUT2D eigenvalue weighted by molar-refractivity contribution is -0.145. The van der Waals surface area contributed by atoms with Gasteiger partial charge in [-0.25, -0.2) is 4.79 Å². The van der Waals surface area contributed by atoms with Crippen LogP contribution in [0, 0.1) is 5.41 Å². The quantitative estimate of drug-likeness (QED) is 0.399. The Labute approximate surface area is 209 Å². The van der Waals surface area contributed by atoms with Crippen LogP contribution in [0.15, 0.2) is 78.9 Å². The Hall–Kier alpha value is -4.19. The summed E-state index contributed by atoms with van der Waals surface area (Å²) < 4.78 is 10.9. The number of esters is 1. The number of benzene rings is 3. The van der Waals surface area contributed by atoms with E-state index in [9.17, 15) is 14.4 Å². The van der Waals surface area contributed by atoms with E-state index in [0.717, 1.165) is 11.3 Å². The fourth-order valence-corrected chi connectivity index (χ4v) is 6.30. The van der Waals surface area contributed by atoms with E-state index in [0.29, 0.717) is 22.4 Å². The molecule has 0 saturated carbocycles. The third-order valence-electron chi connectivity index (χ3n) is 7.72. The monoisotopic (exact) mass is 479 g/mol. The molecule has 6 rings (SSSR count). The lowest BCUT2D eigenvalue weighted by Crippen LogP contribution is -2.48. The summed E-state index contributed by atoms with van der Waals surface area (Å²) >= 11 is 0. The van der Waals surface area contributed by atoms with E-state index in [1.165, 1.54) is 0 Å². The molecule has 0 aromatic heterocycles. The highest BCUT2D eigenvalue weighted by molar-refractivity contribution is 6.32. The SMILES string of the molecule is CCOC(=O)[C@H]1[C@H](c2ccc(OC)cc2)C2(C(=O)c3ccccc3C2=O)C2C=Cc3ccccc3N21. The van der Waals surface area contributed by atoms with Gasteiger partial charge in [-0.1, -0.05) is 66.7 Å². The van der Waals surface area contributed by atoms with Gasteiger partial charge >= 0.3 is 5.97 Å². The van der Waals surface area contributed by atoms with Gasteiger partial charge in [0, 0.05) is 22.7 Å². The standard InChI is InChI=1S/C30H25NO5/c1-3-36-29(34)26-25(19-12-15-20(35-2)16-13-19)30(27(32)21-9-5-6-10-22(21)28(30)33)24-17-14-18-8-4-7-11-23(18)31(24)26/h4-17,24-26H,3H2,1-2H3/t24?,25-,26+/m0/s1. The van der Waals surface area contributed by atoms with Crippen molar-refractivity contribution in [1.29, 1.82) is 0 Å². The van der Waals surface area contributed by atoms with Crippen LogP contribution in [-0.2, 0) is 9.53 Å². The lowest BCUT2D eigenvalue weighted by atomic mass is 9.65. The van der Waals surface area contributed by atoms with Crippen molar-refractivity contribution >= 4 is 29.3 Å². The molecule has 1 aliphatic carbocycles. The number of hydrogen-bond donors (Lipinski definition) is 0. The highest BCUT2D eigenvalue weighted by atomic mass is 16.5. The molecule has 3 aliphatic rings. The largest absolute Gasteiger partial charge is 0.497 e. The predicted octanol–water partition coefficient (Wildman–Crippen LogP) is 4.69. The molecule has 0 bridgehead atoms. The van der Waals surface area contributed by atoms with Crippen LogP contribution >= 0.6 is 0 Å². The van der Waals surface area contributed by atoms with Crippen LogP contribution < -0.4 is 9.64 Å². The number of methoxy groups -OCH3 is 1. The highest BCUT2D eigenvalue weighted by Gasteiger charge is 2.71. The molecule has 6 heteroatoms. The number of ketones is 2. The van der Waals surface area contributed by atoms with Crippen molar-refractivity contribution in [3.05, 3.63) is 101 Å². The topological polar surface area (TPSA) is 72.9 Å². The van der Waals surface area contributed by atoms with Gasteiger partial charge in [-0.15, -0.1) is 0 Å². The van der Waals surface area contributed by atoms with Gasteiger partial charge in [-0.2, -0.15) is 0 Å². The molecule has 1 fully saturated rings. The maximum atomic E-state index is 14.4. The van der Waals surface area contributed by atoms with Gasteiger partial charge in [0.25, 0.3) is 0 Å². The Morgan fingerprint density at radius 1 is 0.917 bits per heavy atom. The summed E-state index contributed by atoms with van der Waals surface area (Å²) in [6, 6.07) is 20.4. The molecular weight excluding hydrogens is 454 g/mol. The van der Waals surface area contributed by atoms with Gasteiger partial charge in [0.15, 0.2) is 11.6 Å². The van der Waals surface area contributed by atoms with Gasteiger partial charge in [-0.3, -0.25) is 9.59 Å². The number of carbonyl (C=O) groups excluding carboxylic acids is 3. The number of ether oxygens (including phenoxy) is 2. The van der Waals surface area contributed by atoms with E-state index in [1.54, 1.807) is 50.4 Å². The Kier molecular flexibility index (Phi) is 5.07. The molecule has 0 radical (unpaired) electrons. The molecular formula is C30H25NO5. The fourth-order valence-electron chi connectivity index (χ4n) is 6.30. The third kappa shape index (κ3) is 2.81. The van der Waals surface area contributed by atoms with E-state index in [4.69, 9.17) is 9.47 Å². The summed E-state index contributed by atoms with van der Waals surface area (Å²) in [7, 11) is 1.58. The number of fused-ring (bicyclic) bond motifs is 5. The first-order valence-corrected chi connectivity index (χ1v) is 12.1. The van der Waals surface area contributed by atoms with Crippen LogP contribution in [0.1, 0.15) is 44.7 Å². The van der Waals surface area contributed by atoms with Crippen LogP contribution in [0.5, 0.6) is 5.75 Å². The van der Waals surface area contributed by atoms with Crippen LogP contribution in [0.2, 0.25) is 0 Å². The second-order valence-electron chi connectivity index (χ2n) is 9.29. The summed E-state index contributed by atoms with van der Waals surface area (Å²) in [5, 5.41) is 0. The van der Waals surface area contributed by atoms with Crippen molar-refractivity contribution in [2.24, 2.45) is 5.41 Å². The minimum Gasteiger partial charge on any atom is -0.497 e. The smallest absolute Gasteiger partial charge is 0.329 e. The Balaban J connectivity index is 1.66. The summed E-state index contributed by atoms with van der Waals surface area (Å²) in [5.41, 5.74) is 1.72. The Morgan fingerprint density at radius 2 is 1.56 bits per heavy atom. The molecule has 3 aromatic carbocycles. The molecule has 1 spiro atoms. The molecule has 0 amide bonds. The lowest BCUT2D eigenvalue weighted by Gasteiger charge is -2.36. The fraction of sp³-hybridized carbons (Fsp3) is 0.233. The second kappa shape index (κ2) is 8.19. The zero-order chi connectivity index (χ0) is 25.0. The Morgan fingerprint density at radius 3 is 2.19 bits per heavy atom. The molecule has 0 N–H and O–H groups in total. The molecule has 2 heterocycles. The summed E-state index contributed by atoms with van der Waals surface area (Å²) in [5.74, 6) is -1.09. The summed E-state index contributed by atoms with van der Waals surface area (Å²) in [6.45, 7) is 1.95. The van der Waals surface area contributed by atoms with Crippen molar-refractivity contribution in [1.82, 2.24) is 0 Å². The molecule has 180 valence electrons. The summed E-state index contributed by atoms with van der Waals surface area (Å²) in [4.78, 5) is 44.4. The minimum absolute atomic E-state index is 0.190. The average molecular weight is 480 g/mol. The van der Waals surface area contributed by atoms with E-state index in [-0.39, 0.29) is 18.2 Å². The van der Waals surface area contributed by atoms with Crippen molar-refractivity contribution in [2.45, 2.75) is 24.9 Å². The molecule has 3 aromatic rings. The molecule has 6 nitrogen and oxygen atoms in total. The number of carbonyl (C=O) groups is 3. The van der Waals surface area contributed by atoms with Crippen LogP contribution in [0.3, 0.4) is 0 Å². The normalized spacial score (nSPS) is 22.8. The van der Waals surface area contributed by atoms with Gasteiger partial charge < -0.3 is 14.4 Å². The number of anilines is 1. The van der Waals surface area contributed by atoms with E-state index >= 15 is 0 Å². The van der Waals surface area contributed by atoms with Crippen molar-refractivity contribution < 1.29 is 23.9 Å². The first kappa shape index (κ1) is 22.3. The van der Waals surface area contributed by atoms with Gasteiger partial charge in [-0.05, 0) is 36.2 Å². The number of Topliss-reactive ketones (excluding diaryl/α,β-unsaturated/α-hetero) is 2. The van der Waals surface area contributed by atoms with Crippen molar-refractivity contribution in [3.63, 3.8) is 0 Å². The first-order valence-electron chi connectivity index (χ1n) is 12.1. The average Bonchev–Trinajstić information content (AvgIpc) is 3.35. The molecule has 3 atom stereocenters. The predicted molar refractivity (Wildman–Crippen MR) is 135 cm³/mol. The Bertz CT molecular complexity index is 1390. The number of para-hydroxylation sites is 1. The van der Waals surface area contributed by atoms with E-state index in [1.807, 2.05) is 53.5 Å². The van der Waals surface area contributed by atoms with Crippen LogP contribution in [0.4, 0.5) is 5.69 Å². The molecule has 1 unspecified atom stereocenters. The molecule has 36 heavy (non-hydrogen) atoms. The zero-order valence-corrected chi connectivity index (χ0v) is 20.0. The van der Waals surface area contributed by atoms with Crippen molar-refractivity contribution in [2.75, 3.05) is 18.6 Å². The number of rotatable bonds is 4. The van der Waals surface area contributed by atoms with Crippen LogP contribution in [-0.4, -0.2) is 43.3 Å².